The summed E-state index contributed by atoms with van der Waals surface area (Å²) < 4.78 is 11.1. The van der Waals surface area contributed by atoms with Gasteiger partial charge in [0, 0.05) is 30.0 Å². The van der Waals surface area contributed by atoms with Crippen LogP contribution in [-0.2, 0) is 4.74 Å². The molecule has 9 nitrogen and oxygen atoms in total. The lowest BCUT2D eigenvalue weighted by Gasteiger charge is -2.12. The Labute approximate surface area is 160 Å². The second-order valence-corrected chi connectivity index (χ2v) is 6.26. The average molecular weight is 386 g/mol. The van der Waals surface area contributed by atoms with Gasteiger partial charge in [-0.1, -0.05) is 0 Å². The van der Waals surface area contributed by atoms with Crippen LogP contribution in [0.2, 0.25) is 0 Å². The molecule has 1 aliphatic rings. The monoisotopic (exact) mass is 386 g/mol. The van der Waals surface area contributed by atoms with Crippen molar-refractivity contribution in [3.63, 3.8) is 0 Å². The molecule has 1 aliphatic heterocycles. The number of hydrogen-bond donors (Lipinski definition) is 2. The maximum absolute atomic E-state index is 12.4. The first-order chi connectivity index (χ1) is 13.4. The van der Waals surface area contributed by atoms with E-state index in [0.29, 0.717) is 18.0 Å². The minimum absolute atomic E-state index is 0.0941. The first-order valence-electron chi connectivity index (χ1n) is 8.61. The molecule has 146 valence electrons. The van der Waals surface area contributed by atoms with Crippen LogP contribution in [0.1, 0.15) is 33.6 Å². The smallest absolute Gasteiger partial charge is 0.335 e. The number of hydrogen-bond acceptors (Lipinski definition) is 6. The van der Waals surface area contributed by atoms with Crippen molar-refractivity contribution in [1.29, 1.82) is 0 Å². The van der Waals surface area contributed by atoms with Crippen LogP contribution in [0.25, 0.3) is 0 Å². The zero-order valence-corrected chi connectivity index (χ0v) is 14.8. The number of rotatable bonds is 7. The normalized spacial score (nSPS) is 15.8. The molecule has 1 heterocycles. The van der Waals surface area contributed by atoms with E-state index in [1.165, 1.54) is 0 Å². The molecule has 2 aromatic carbocycles. The molecular formula is C19H18N2O7. The Morgan fingerprint density at radius 3 is 2.54 bits per heavy atom. The van der Waals surface area contributed by atoms with Crippen LogP contribution in [0, 0.1) is 10.1 Å². The van der Waals surface area contributed by atoms with Gasteiger partial charge in [-0.3, -0.25) is 14.9 Å². The van der Waals surface area contributed by atoms with Gasteiger partial charge in [0.1, 0.15) is 12.4 Å². The van der Waals surface area contributed by atoms with E-state index < -0.39 is 22.5 Å². The number of aromatic carboxylic acids is 1. The van der Waals surface area contributed by atoms with Crippen molar-refractivity contribution in [3.05, 3.63) is 63.7 Å². The average Bonchev–Trinajstić information content (AvgIpc) is 3.20. The SMILES string of the molecule is O=C(O)c1cc(C(=O)Nc2ccc(OCC3CCCO3)cc2)cc([N+](=O)[O-])c1. The van der Waals surface area contributed by atoms with Crippen LogP contribution in [-0.4, -0.2) is 41.2 Å². The first-order valence-corrected chi connectivity index (χ1v) is 8.61. The van der Waals surface area contributed by atoms with Crippen LogP contribution >= 0.6 is 0 Å². The van der Waals surface area contributed by atoms with Crippen LogP contribution in [0.5, 0.6) is 5.75 Å². The van der Waals surface area contributed by atoms with Gasteiger partial charge in [0.15, 0.2) is 0 Å². The number of anilines is 1. The van der Waals surface area contributed by atoms with Crippen LogP contribution in [0.3, 0.4) is 0 Å². The number of carbonyl (C=O) groups is 2. The van der Waals surface area contributed by atoms with Crippen molar-refractivity contribution < 1.29 is 29.1 Å². The van der Waals surface area contributed by atoms with Crippen molar-refractivity contribution in [1.82, 2.24) is 0 Å². The van der Waals surface area contributed by atoms with Gasteiger partial charge in [-0.05, 0) is 43.2 Å². The maximum Gasteiger partial charge on any atom is 0.335 e. The van der Waals surface area contributed by atoms with Gasteiger partial charge in [0.05, 0.1) is 16.6 Å². The number of nitrogens with one attached hydrogen (secondary N) is 1. The Hall–Kier alpha value is -3.46. The molecule has 1 atom stereocenters. The molecule has 2 N–H and O–H groups in total. The summed E-state index contributed by atoms with van der Waals surface area (Å²) in [6.45, 7) is 1.21. The highest BCUT2D eigenvalue weighted by atomic mass is 16.6. The van der Waals surface area contributed by atoms with E-state index in [0.717, 1.165) is 37.6 Å². The molecule has 0 aliphatic carbocycles. The van der Waals surface area contributed by atoms with Gasteiger partial charge < -0.3 is 19.9 Å². The van der Waals surface area contributed by atoms with Crippen molar-refractivity contribution in [3.8, 4) is 5.75 Å². The van der Waals surface area contributed by atoms with E-state index in [-0.39, 0.29) is 17.2 Å². The summed E-state index contributed by atoms with van der Waals surface area (Å²) in [6.07, 6.45) is 2.09. The van der Waals surface area contributed by atoms with E-state index >= 15 is 0 Å². The molecule has 0 radical (unpaired) electrons. The summed E-state index contributed by atoms with van der Waals surface area (Å²) >= 11 is 0. The summed E-state index contributed by atoms with van der Waals surface area (Å²) in [7, 11) is 0. The Bertz CT molecular complexity index is 857. The molecule has 3 rings (SSSR count). The fourth-order valence-corrected chi connectivity index (χ4v) is 2.77. The summed E-state index contributed by atoms with van der Waals surface area (Å²) in [4.78, 5) is 33.7. The molecule has 28 heavy (non-hydrogen) atoms. The number of amides is 1. The molecule has 0 bridgehead atoms. The summed E-state index contributed by atoms with van der Waals surface area (Å²) in [5.74, 6) is -1.39. The molecule has 1 fully saturated rings. The van der Waals surface area contributed by atoms with Gasteiger partial charge in [0.2, 0.25) is 0 Å². The Balaban J connectivity index is 1.67. The summed E-state index contributed by atoms with van der Waals surface area (Å²) in [5, 5.41) is 22.6. The predicted molar refractivity (Wildman–Crippen MR) is 98.9 cm³/mol. The number of ether oxygens (including phenoxy) is 2. The van der Waals surface area contributed by atoms with Gasteiger partial charge in [-0.15, -0.1) is 0 Å². The topological polar surface area (TPSA) is 128 Å². The molecule has 0 saturated carbocycles. The maximum atomic E-state index is 12.4. The lowest BCUT2D eigenvalue weighted by molar-refractivity contribution is -0.384. The third kappa shape index (κ3) is 4.83. The lowest BCUT2D eigenvalue weighted by Crippen LogP contribution is -2.16. The molecule has 1 saturated heterocycles. The van der Waals surface area contributed by atoms with E-state index in [1.807, 2.05) is 0 Å². The first kappa shape index (κ1) is 19.3. The molecule has 0 aromatic heterocycles. The number of carboxylic acid groups (broad SMARTS) is 1. The highest BCUT2D eigenvalue weighted by molar-refractivity contribution is 6.06. The fraction of sp³-hybridized carbons (Fsp3) is 0.263. The van der Waals surface area contributed by atoms with Crippen molar-refractivity contribution in [2.24, 2.45) is 0 Å². The summed E-state index contributed by atoms with van der Waals surface area (Å²) in [6, 6.07) is 9.63. The largest absolute Gasteiger partial charge is 0.491 e. The van der Waals surface area contributed by atoms with Crippen LogP contribution in [0.15, 0.2) is 42.5 Å². The molecule has 9 heteroatoms. The highest BCUT2D eigenvalue weighted by Gasteiger charge is 2.18. The van der Waals surface area contributed by atoms with Crippen molar-refractivity contribution in [2.45, 2.75) is 18.9 Å². The van der Waals surface area contributed by atoms with E-state index in [4.69, 9.17) is 14.6 Å². The predicted octanol–water partition coefficient (Wildman–Crippen LogP) is 3.10. The fourth-order valence-electron chi connectivity index (χ4n) is 2.77. The molecular weight excluding hydrogens is 368 g/mol. The number of carbonyl (C=O) groups excluding carboxylic acids is 1. The standard InChI is InChI=1S/C19H18N2O7/c22-18(12-8-13(19(23)24)10-15(9-12)21(25)26)20-14-3-5-16(6-4-14)28-11-17-2-1-7-27-17/h3-6,8-10,17H,1-2,7,11H2,(H,20,22)(H,23,24). The lowest BCUT2D eigenvalue weighted by atomic mass is 10.1. The molecule has 2 aromatic rings. The Kier molecular flexibility index (Phi) is 5.85. The second-order valence-electron chi connectivity index (χ2n) is 6.26. The number of non-ortho nitro benzene ring substituents is 1. The molecule has 1 amide bonds. The van der Waals surface area contributed by atoms with E-state index in [2.05, 4.69) is 5.32 Å². The molecule has 0 spiro atoms. The van der Waals surface area contributed by atoms with Gasteiger partial charge >= 0.3 is 5.97 Å². The Morgan fingerprint density at radius 2 is 1.93 bits per heavy atom. The number of nitrogens with zero attached hydrogens (tertiary/aromatic N) is 1. The third-order valence-electron chi connectivity index (χ3n) is 4.21. The number of nitro groups is 1. The zero-order chi connectivity index (χ0) is 20.1. The van der Waals surface area contributed by atoms with Crippen molar-refractivity contribution in [2.75, 3.05) is 18.5 Å². The van der Waals surface area contributed by atoms with E-state index in [1.54, 1.807) is 24.3 Å². The van der Waals surface area contributed by atoms with Gasteiger partial charge in [0.25, 0.3) is 11.6 Å². The zero-order valence-electron chi connectivity index (χ0n) is 14.8. The van der Waals surface area contributed by atoms with Gasteiger partial charge in [-0.25, -0.2) is 4.79 Å². The van der Waals surface area contributed by atoms with Crippen LogP contribution in [0.4, 0.5) is 11.4 Å². The van der Waals surface area contributed by atoms with Crippen molar-refractivity contribution >= 4 is 23.3 Å². The quantitative estimate of drug-likeness (QED) is 0.553. The van der Waals surface area contributed by atoms with E-state index in [9.17, 15) is 19.7 Å². The van der Waals surface area contributed by atoms with Crippen LogP contribution < -0.4 is 10.1 Å². The Morgan fingerprint density at radius 1 is 1.21 bits per heavy atom. The molecule has 1 unspecified atom stereocenters. The minimum atomic E-state index is -1.36. The number of benzene rings is 2. The minimum Gasteiger partial charge on any atom is -0.491 e. The highest BCUT2D eigenvalue weighted by Crippen LogP contribution is 2.21. The number of nitro benzene ring substituents is 1. The number of carboxylic acids is 1. The summed E-state index contributed by atoms with van der Waals surface area (Å²) in [5.41, 5.74) is -0.483. The van der Waals surface area contributed by atoms with Gasteiger partial charge in [-0.2, -0.15) is 0 Å². The second kappa shape index (κ2) is 8.49. The third-order valence-corrected chi connectivity index (χ3v) is 4.21.